The number of aromatic amines is 1. The summed E-state index contributed by atoms with van der Waals surface area (Å²) >= 11 is 0. The normalized spacial score (nSPS) is 11.0. The van der Waals surface area contributed by atoms with Crippen LogP contribution in [0.3, 0.4) is 0 Å². The lowest BCUT2D eigenvalue weighted by Crippen LogP contribution is -1.95. The standard InChI is InChI=1S/C13H12N4O/c1-8-16-12(6-18)13(17(8)2)9-3-4-10-11(5-9)15-7-14-10/h3-7H,1-2H3,(H,14,15). The van der Waals surface area contributed by atoms with Crippen molar-refractivity contribution in [2.75, 3.05) is 0 Å². The van der Waals surface area contributed by atoms with Gasteiger partial charge in [-0.3, -0.25) is 4.79 Å². The highest BCUT2D eigenvalue weighted by Gasteiger charge is 2.14. The van der Waals surface area contributed by atoms with Crippen molar-refractivity contribution in [1.82, 2.24) is 19.5 Å². The van der Waals surface area contributed by atoms with Gasteiger partial charge in [0.1, 0.15) is 11.5 Å². The van der Waals surface area contributed by atoms with Crippen molar-refractivity contribution in [2.45, 2.75) is 6.92 Å². The zero-order valence-electron chi connectivity index (χ0n) is 10.1. The maximum atomic E-state index is 11.1. The molecule has 18 heavy (non-hydrogen) atoms. The molecule has 0 aliphatic heterocycles. The Morgan fingerprint density at radius 2 is 2.22 bits per heavy atom. The summed E-state index contributed by atoms with van der Waals surface area (Å²) in [4.78, 5) is 22.6. The van der Waals surface area contributed by atoms with Gasteiger partial charge in [0.2, 0.25) is 0 Å². The van der Waals surface area contributed by atoms with E-state index in [0.29, 0.717) is 5.69 Å². The Bertz CT molecular complexity index is 739. The number of rotatable bonds is 2. The van der Waals surface area contributed by atoms with E-state index < -0.39 is 0 Å². The number of H-pyrrole nitrogens is 1. The zero-order chi connectivity index (χ0) is 12.7. The molecule has 0 fully saturated rings. The van der Waals surface area contributed by atoms with Gasteiger partial charge >= 0.3 is 0 Å². The Kier molecular flexibility index (Phi) is 2.26. The first-order chi connectivity index (χ1) is 8.70. The van der Waals surface area contributed by atoms with Crippen molar-refractivity contribution in [3.05, 3.63) is 36.0 Å². The fourth-order valence-electron chi connectivity index (χ4n) is 2.14. The third-order valence-electron chi connectivity index (χ3n) is 3.15. The highest BCUT2D eigenvalue weighted by molar-refractivity contribution is 5.87. The first-order valence-corrected chi connectivity index (χ1v) is 5.62. The third-order valence-corrected chi connectivity index (χ3v) is 3.15. The number of fused-ring (bicyclic) bond motifs is 1. The van der Waals surface area contributed by atoms with Gasteiger partial charge in [0, 0.05) is 12.6 Å². The summed E-state index contributed by atoms with van der Waals surface area (Å²) in [6.45, 7) is 1.88. The number of aldehydes is 1. The van der Waals surface area contributed by atoms with Crippen LogP contribution in [-0.4, -0.2) is 25.8 Å². The number of carbonyl (C=O) groups is 1. The number of aryl methyl sites for hydroxylation is 1. The van der Waals surface area contributed by atoms with Crippen LogP contribution in [0.2, 0.25) is 0 Å². The van der Waals surface area contributed by atoms with Crippen LogP contribution in [0.5, 0.6) is 0 Å². The van der Waals surface area contributed by atoms with Gasteiger partial charge in [-0.2, -0.15) is 0 Å². The molecule has 1 N–H and O–H groups in total. The van der Waals surface area contributed by atoms with Crippen molar-refractivity contribution >= 4 is 17.3 Å². The average molecular weight is 240 g/mol. The molecular weight excluding hydrogens is 228 g/mol. The molecule has 1 aromatic carbocycles. The van der Waals surface area contributed by atoms with E-state index in [1.165, 1.54) is 0 Å². The van der Waals surface area contributed by atoms with Crippen molar-refractivity contribution in [1.29, 1.82) is 0 Å². The van der Waals surface area contributed by atoms with Crippen molar-refractivity contribution < 1.29 is 4.79 Å². The molecule has 0 saturated carbocycles. The summed E-state index contributed by atoms with van der Waals surface area (Å²) < 4.78 is 1.92. The van der Waals surface area contributed by atoms with Gasteiger partial charge in [-0.05, 0) is 19.1 Å². The second-order valence-electron chi connectivity index (χ2n) is 4.20. The molecule has 2 aromatic heterocycles. The summed E-state index contributed by atoms with van der Waals surface area (Å²) in [6.07, 6.45) is 2.45. The third kappa shape index (κ3) is 1.44. The monoisotopic (exact) mass is 240 g/mol. The molecule has 0 unspecified atom stereocenters. The minimum Gasteiger partial charge on any atom is -0.345 e. The van der Waals surface area contributed by atoms with E-state index in [4.69, 9.17) is 0 Å². The average Bonchev–Trinajstić information content (AvgIpc) is 2.94. The predicted molar refractivity (Wildman–Crippen MR) is 68.4 cm³/mol. The molecule has 5 heteroatoms. The lowest BCUT2D eigenvalue weighted by Gasteiger charge is -2.04. The maximum Gasteiger partial charge on any atom is 0.170 e. The molecule has 3 aromatic rings. The van der Waals surface area contributed by atoms with E-state index in [1.807, 2.05) is 36.7 Å². The molecule has 5 nitrogen and oxygen atoms in total. The number of nitrogens with one attached hydrogen (secondary N) is 1. The Balaban J connectivity index is 2.27. The summed E-state index contributed by atoms with van der Waals surface area (Å²) in [5, 5.41) is 0. The number of hydrogen-bond donors (Lipinski definition) is 1. The minimum atomic E-state index is 0.467. The molecule has 90 valence electrons. The fourth-order valence-corrected chi connectivity index (χ4v) is 2.14. The number of aromatic nitrogens is 4. The predicted octanol–water partition coefficient (Wildman–Crippen LogP) is 2.08. The van der Waals surface area contributed by atoms with Crippen LogP contribution in [0.4, 0.5) is 0 Å². The van der Waals surface area contributed by atoms with E-state index in [1.54, 1.807) is 6.33 Å². The van der Waals surface area contributed by atoms with Crippen LogP contribution in [0, 0.1) is 6.92 Å². The number of hydrogen-bond acceptors (Lipinski definition) is 3. The van der Waals surface area contributed by atoms with Crippen molar-refractivity contribution in [3.63, 3.8) is 0 Å². The molecule has 0 amide bonds. The van der Waals surface area contributed by atoms with E-state index >= 15 is 0 Å². The van der Waals surface area contributed by atoms with Gasteiger partial charge in [-0.15, -0.1) is 0 Å². The van der Waals surface area contributed by atoms with Crippen LogP contribution < -0.4 is 0 Å². The van der Waals surface area contributed by atoms with Gasteiger partial charge in [0.25, 0.3) is 0 Å². The van der Waals surface area contributed by atoms with Crippen LogP contribution in [0.25, 0.3) is 22.3 Å². The molecule has 0 aliphatic carbocycles. The van der Waals surface area contributed by atoms with E-state index in [0.717, 1.165) is 34.4 Å². The number of carbonyl (C=O) groups excluding carboxylic acids is 1. The minimum absolute atomic E-state index is 0.467. The first-order valence-electron chi connectivity index (χ1n) is 5.62. The van der Waals surface area contributed by atoms with Crippen molar-refractivity contribution in [3.8, 4) is 11.3 Å². The van der Waals surface area contributed by atoms with Gasteiger partial charge in [0.15, 0.2) is 6.29 Å². The molecular formula is C13H12N4O. The smallest absolute Gasteiger partial charge is 0.170 e. The summed E-state index contributed by atoms with van der Waals surface area (Å²) in [5.74, 6) is 0.816. The Labute approximate surface area is 103 Å². The number of imidazole rings is 2. The summed E-state index contributed by atoms with van der Waals surface area (Å²) in [7, 11) is 1.90. The molecule has 0 spiro atoms. The lowest BCUT2D eigenvalue weighted by molar-refractivity contribution is 0.112. The van der Waals surface area contributed by atoms with Gasteiger partial charge in [0.05, 0.1) is 23.1 Å². The highest BCUT2D eigenvalue weighted by Crippen LogP contribution is 2.25. The Morgan fingerprint density at radius 3 is 3.00 bits per heavy atom. The fraction of sp³-hybridized carbons (Fsp3) is 0.154. The van der Waals surface area contributed by atoms with Crippen LogP contribution >= 0.6 is 0 Å². The molecule has 0 saturated heterocycles. The second-order valence-corrected chi connectivity index (χ2v) is 4.20. The largest absolute Gasteiger partial charge is 0.345 e. The summed E-state index contributed by atoms with van der Waals surface area (Å²) in [5.41, 5.74) is 4.11. The molecule has 0 bridgehead atoms. The molecule has 0 radical (unpaired) electrons. The van der Waals surface area contributed by atoms with Crippen LogP contribution in [0.1, 0.15) is 16.3 Å². The van der Waals surface area contributed by atoms with E-state index in [2.05, 4.69) is 15.0 Å². The van der Waals surface area contributed by atoms with Crippen LogP contribution in [-0.2, 0) is 7.05 Å². The molecule has 0 aliphatic rings. The number of nitrogens with zero attached hydrogens (tertiary/aromatic N) is 3. The topological polar surface area (TPSA) is 63.6 Å². The second kappa shape index (κ2) is 3.80. The van der Waals surface area contributed by atoms with Gasteiger partial charge in [-0.25, -0.2) is 9.97 Å². The molecule has 3 rings (SSSR count). The first kappa shape index (κ1) is 10.7. The van der Waals surface area contributed by atoms with Gasteiger partial charge in [-0.1, -0.05) is 6.07 Å². The maximum absolute atomic E-state index is 11.1. The number of benzene rings is 1. The summed E-state index contributed by atoms with van der Waals surface area (Å²) in [6, 6.07) is 5.86. The SMILES string of the molecule is Cc1nc(C=O)c(-c2ccc3nc[nH]c3c2)n1C. The zero-order valence-corrected chi connectivity index (χ0v) is 10.1. The Morgan fingerprint density at radius 1 is 1.39 bits per heavy atom. The van der Waals surface area contributed by atoms with Gasteiger partial charge < -0.3 is 9.55 Å². The lowest BCUT2D eigenvalue weighted by atomic mass is 10.1. The van der Waals surface area contributed by atoms with Crippen molar-refractivity contribution in [2.24, 2.45) is 7.05 Å². The quantitative estimate of drug-likeness (QED) is 0.697. The molecule has 0 atom stereocenters. The highest BCUT2D eigenvalue weighted by atomic mass is 16.1. The Hall–Kier alpha value is -2.43. The van der Waals surface area contributed by atoms with E-state index in [-0.39, 0.29) is 0 Å². The van der Waals surface area contributed by atoms with E-state index in [9.17, 15) is 4.79 Å². The molecule has 2 heterocycles. The van der Waals surface area contributed by atoms with Crippen LogP contribution in [0.15, 0.2) is 24.5 Å².